The minimum Gasteiger partial charge on any atom is -0.393 e. The molecule has 0 radical (unpaired) electrons. The van der Waals surface area contributed by atoms with Crippen molar-refractivity contribution in [1.29, 1.82) is 0 Å². The highest BCUT2D eigenvalue weighted by atomic mass is 16.5. The Balaban J connectivity index is 1.48. The highest BCUT2D eigenvalue weighted by Crippen LogP contribution is 2.24. The summed E-state index contributed by atoms with van der Waals surface area (Å²) in [6.07, 6.45) is 0.528. The van der Waals surface area contributed by atoms with Crippen molar-refractivity contribution in [2.45, 2.75) is 12.5 Å². The van der Waals surface area contributed by atoms with Gasteiger partial charge in [0.2, 0.25) is 0 Å². The SMILES string of the molecule is OCC(OCCc1cccc2ccccc12)c1ccc2ccccc2c1. The van der Waals surface area contributed by atoms with Crippen molar-refractivity contribution < 1.29 is 9.84 Å². The second kappa shape index (κ2) is 7.69. The van der Waals surface area contributed by atoms with E-state index in [0.29, 0.717) is 6.61 Å². The van der Waals surface area contributed by atoms with E-state index < -0.39 is 0 Å². The van der Waals surface area contributed by atoms with Crippen LogP contribution in [0, 0.1) is 0 Å². The minimum absolute atomic E-state index is 0.0200. The highest BCUT2D eigenvalue weighted by molar-refractivity contribution is 5.85. The van der Waals surface area contributed by atoms with Gasteiger partial charge in [-0.25, -0.2) is 0 Å². The molecule has 0 fully saturated rings. The van der Waals surface area contributed by atoms with Crippen LogP contribution in [0.25, 0.3) is 21.5 Å². The average molecular weight is 342 g/mol. The van der Waals surface area contributed by atoms with Crippen LogP contribution in [0.4, 0.5) is 0 Å². The number of rotatable bonds is 6. The molecule has 0 heterocycles. The van der Waals surface area contributed by atoms with Gasteiger partial charge >= 0.3 is 0 Å². The van der Waals surface area contributed by atoms with E-state index in [-0.39, 0.29) is 12.7 Å². The Kier molecular flexibility index (Phi) is 4.96. The third-order valence-electron chi connectivity index (χ3n) is 4.88. The number of hydrogen-bond donors (Lipinski definition) is 1. The molecule has 0 aliphatic rings. The van der Waals surface area contributed by atoms with Gasteiger partial charge in [0.1, 0.15) is 6.10 Å². The Morgan fingerprint density at radius 2 is 1.46 bits per heavy atom. The van der Waals surface area contributed by atoms with E-state index in [1.54, 1.807) is 0 Å². The second-order valence-electron chi connectivity index (χ2n) is 6.54. The van der Waals surface area contributed by atoms with Crippen LogP contribution in [0.15, 0.2) is 84.9 Å². The van der Waals surface area contributed by atoms with E-state index in [0.717, 1.165) is 12.0 Å². The van der Waals surface area contributed by atoms with E-state index in [2.05, 4.69) is 66.7 Å². The topological polar surface area (TPSA) is 29.5 Å². The van der Waals surface area contributed by atoms with Crippen LogP contribution in [-0.4, -0.2) is 18.3 Å². The van der Waals surface area contributed by atoms with E-state index in [1.165, 1.54) is 27.1 Å². The van der Waals surface area contributed by atoms with Gasteiger partial charge in [-0.2, -0.15) is 0 Å². The van der Waals surface area contributed by atoms with Gasteiger partial charge < -0.3 is 9.84 Å². The van der Waals surface area contributed by atoms with Crippen molar-refractivity contribution in [1.82, 2.24) is 0 Å². The lowest BCUT2D eigenvalue weighted by Crippen LogP contribution is -2.11. The number of ether oxygens (including phenoxy) is 1. The second-order valence-corrected chi connectivity index (χ2v) is 6.54. The fraction of sp³-hybridized carbons (Fsp3) is 0.167. The number of fused-ring (bicyclic) bond motifs is 2. The Hall–Kier alpha value is -2.68. The molecule has 2 nitrogen and oxygen atoms in total. The van der Waals surface area contributed by atoms with Crippen LogP contribution < -0.4 is 0 Å². The molecule has 0 saturated heterocycles. The Bertz CT molecular complexity index is 1020. The summed E-state index contributed by atoms with van der Waals surface area (Å²) in [6, 6.07) is 29.2. The van der Waals surface area contributed by atoms with Crippen molar-refractivity contribution in [2.24, 2.45) is 0 Å². The summed E-state index contributed by atoms with van der Waals surface area (Å²) in [5.41, 5.74) is 2.29. The number of aliphatic hydroxyl groups excluding tert-OH is 1. The van der Waals surface area contributed by atoms with E-state index >= 15 is 0 Å². The molecule has 0 aliphatic heterocycles. The summed E-state index contributed by atoms with van der Waals surface area (Å²) < 4.78 is 6.03. The number of aliphatic hydroxyl groups is 1. The normalized spacial score (nSPS) is 12.5. The Labute approximate surface area is 153 Å². The minimum atomic E-state index is -0.297. The highest BCUT2D eigenvalue weighted by Gasteiger charge is 2.12. The lowest BCUT2D eigenvalue weighted by molar-refractivity contribution is 0.0135. The predicted octanol–water partition coefficient (Wildman–Crippen LogP) is 5.29. The van der Waals surface area contributed by atoms with E-state index in [4.69, 9.17) is 4.74 Å². The Morgan fingerprint density at radius 3 is 2.31 bits per heavy atom. The maximum atomic E-state index is 9.80. The summed E-state index contributed by atoms with van der Waals surface area (Å²) in [7, 11) is 0. The van der Waals surface area contributed by atoms with Gasteiger partial charge in [-0.3, -0.25) is 0 Å². The van der Waals surface area contributed by atoms with Crippen LogP contribution in [-0.2, 0) is 11.2 Å². The van der Waals surface area contributed by atoms with E-state index in [9.17, 15) is 5.11 Å². The van der Waals surface area contributed by atoms with Crippen LogP contribution in [0.2, 0.25) is 0 Å². The smallest absolute Gasteiger partial charge is 0.106 e. The summed E-state index contributed by atoms with van der Waals surface area (Å²) in [5.74, 6) is 0. The molecule has 4 aromatic carbocycles. The standard InChI is InChI=1S/C24H22O2/c25-17-24(22-13-12-18-6-1-2-8-21(18)16-22)26-15-14-20-10-5-9-19-7-3-4-11-23(19)20/h1-13,16,24-25H,14-15,17H2. The zero-order valence-corrected chi connectivity index (χ0v) is 14.6. The number of benzene rings is 4. The van der Waals surface area contributed by atoms with E-state index in [1.807, 2.05) is 18.2 Å². The maximum absolute atomic E-state index is 9.80. The van der Waals surface area contributed by atoms with Crippen molar-refractivity contribution in [3.63, 3.8) is 0 Å². The molecule has 4 aromatic rings. The monoisotopic (exact) mass is 342 g/mol. The van der Waals surface area contributed by atoms with Gasteiger partial charge in [-0.15, -0.1) is 0 Å². The molecule has 1 atom stereocenters. The van der Waals surface area contributed by atoms with Crippen molar-refractivity contribution in [3.05, 3.63) is 96.1 Å². The fourth-order valence-corrected chi connectivity index (χ4v) is 3.48. The summed E-state index contributed by atoms with van der Waals surface area (Å²) >= 11 is 0. The summed E-state index contributed by atoms with van der Waals surface area (Å²) in [5, 5.41) is 14.7. The predicted molar refractivity (Wildman–Crippen MR) is 107 cm³/mol. The Morgan fingerprint density at radius 1 is 0.731 bits per heavy atom. The molecule has 0 spiro atoms. The van der Waals surface area contributed by atoms with Gasteiger partial charge in [-0.05, 0) is 45.2 Å². The van der Waals surface area contributed by atoms with Crippen LogP contribution in [0.5, 0.6) is 0 Å². The van der Waals surface area contributed by atoms with Gasteiger partial charge in [0.15, 0.2) is 0 Å². The van der Waals surface area contributed by atoms with Gasteiger partial charge in [0.25, 0.3) is 0 Å². The first-order valence-electron chi connectivity index (χ1n) is 9.03. The molecule has 0 amide bonds. The molecule has 4 rings (SSSR count). The lowest BCUT2D eigenvalue weighted by Gasteiger charge is -2.17. The zero-order valence-electron chi connectivity index (χ0n) is 14.6. The molecule has 130 valence electrons. The van der Waals surface area contributed by atoms with Gasteiger partial charge in [-0.1, -0.05) is 78.9 Å². The third kappa shape index (κ3) is 3.48. The maximum Gasteiger partial charge on any atom is 0.106 e. The molecule has 0 bridgehead atoms. The quantitative estimate of drug-likeness (QED) is 0.516. The molecular weight excluding hydrogens is 320 g/mol. The first-order chi connectivity index (χ1) is 12.8. The van der Waals surface area contributed by atoms with Crippen molar-refractivity contribution >= 4 is 21.5 Å². The van der Waals surface area contributed by atoms with Crippen LogP contribution >= 0.6 is 0 Å². The molecule has 0 saturated carbocycles. The van der Waals surface area contributed by atoms with Crippen LogP contribution in [0.1, 0.15) is 17.2 Å². The van der Waals surface area contributed by atoms with Gasteiger partial charge in [0, 0.05) is 0 Å². The lowest BCUT2D eigenvalue weighted by atomic mass is 10.0. The summed E-state index contributed by atoms with van der Waals surface area (Å²) in [4.78, 5) is 0. The first kappa shape index (κ1) is 16.8. The largest absolute Gasteiger partial charge is 0.393 e. The van der Waals surface area contributed by atoms with Crippen molar-refractivity contribution in [3.8, 4) is 0 Å². The fourth-order valence-electron chi connectivity index (χ4n) is 3.48. The molecule has 1 unspecified atom stereocenters. The molecule has 1 N–H and O–H groups in total. The zero-order chi connectivity index (χ0) is 17.8. The third-order valence-corrected chi connectivity index (χ3v) is 4.88. The average Bonchev–Trinajstić information content (AvgIpc) is 2.71. The molecule has 0 aromatic heterocycles. The van der Waals surface area contributed by atoms with Crippen LogP contribution in [0.3, 0.4) is 0 Å². The summed E-state index contributed by atoms with van der Waals surface area (Å²) in [6.45, 7) is 0.555. The van der Waals surface area contributed by atoms with Gasteiger partial charge in [0.05, 0.1) is 13.2 Å². The molecule has 0 aliphatic carbocycles. The van der Waals surface area contributed by atoms with Crippen molar-refractivity contribution in [2.75, 3.05) is 13.2 Å². The molecule has 2 heteroatoms. The first-order valence-corrected chi connectivity index (χ1v) is 9.03. The molecular formula is C24H22O2. The number of hydrogen-bond acceptors (Lipinski definition) is 2. The molecule has 26 heavy (non-hydrogen) atoms.